The lowest BCUT2D eigenvalue weighted by Gasteiger charge is -2.24. The first-order valence-corrected chi connectivity index (χ1v) is 7.53. The summed E-state index contributed by atoms with van der Waals surface area (Å²) in [5.74, 6) is 1.85. The highest BCUT2D eigenvalue weighted by molar-refractivity contribution is 5.53. The quantitative estimate of drug-likeness (QED) is 0.884. The van der Waals surface area contributed by atoms with Crippen molar-refractivity contribution in [3.63, 3.8) is 0 Å². The van der Waals surface area contributed by atoms with Crippen LogP contribution in [0.15, 0.2) is 22.9 Å². The lowest BCUT2D eigenvalue weighted by atomic mass is 9.89. The van der Waals surface area contributed by atoms with Gasteiger partial charge in [-0.05, 0) is 37.9 Å². The van der Waals surface area contributed by atoms with Crippen LogP contribution in [0.1, 0.15) is 45.1 Å². The smallest absolute Gasteiger partial charge is 0.231 e. The molecule has 2 aromatic heterocycles. The maximum absolute atomic E-state index is 5.52. The number of rotatable bonds is 6. The van der Waals surface area contributed by atoms with Crippen LogP contribution in [0.3, 0.4) is 0 Å². The standard InChI is InChI=1S/C16H24N4O/c1-6-17-12(5)13(10(2)3)16-19-15(20-21-16)14-11(4)8-7-9-18-14/h7-10,12-13,17H,6H2,1-5H3. The fourth-order valence-electron chi connectivity index (χ4n) is 2.71. The number of aryl methyl sites for hydroxylation is 1. The van der Waals surface area contributed by atoms with E-state index in [1.807, 2.05) is 19.1 Å². The van der Waals surface area contributed by atoms with Crippen molar-refractivity contribution < 1.29 is 4.52 Å². The Labute approximate surface area is 126 Å². The Morgan fingerprint density at radius 3 is 2.67 bits per heavy atom. The zero-order valence-corrected chi connectivity index (χ0v) is 13.4. The van der Waals surface area contributed by atoms with Crippen LogP contribution in [0.4, 0.5) is 0 Å². The van der Waals surface area contributed by atoms with E-state index in [4.69, 9.17) is 4.52 Å². The van der Waals surface area contributed by atoms with Gasteiger partial charge < -0.3 is 9.84 Å². The van der Waals surface area contributed by atoms with Crippen LogP contribution < -0.4 is 5.32 Å². The maximum atomic E-state index is 5.52. The van der Waals surface area contributed by atoms with Gasteiger partial charge in [-0.2, -0.15) is 4.98 Å². The summed E-state index contributed by atoms with van der Waals surface area (Å²) in [6.07, 6.45) is 1.75. The van der Waals surface area contributed by atoms with Crippen molar-refractivity contribution in [1.29, 1.82) is 0 Å². The van der Waals surface area contributed by atoms with Gasteiger partial charge in [-0.3, -0.25) is 4.98 Å². The van der Waals surface area contributed by atoms with Crippen molar-refractivity contribution in [2.24, 2.45) is 5.92 Å². The van der Waals surface area contributed by atoms with E-state index < -0.39 is 0 Å². The molecule has 0 amide bonds. The highest BCUT2D eigenvalue weighted by Crippen LogP contribution is 2.28. The number of aromatic nitrogens is 3. The van der Waals surface area contributed by atoms with E-state index in [1.54, 1.807) is 6.20 Å². The molecule has 0 spiro atoms. The van der Waals surface area contributed by atoms with Crippen molar-refractivity contribution in [3.05, 3.63) is 29.8 Å². The normalized spacial score (nSPS) is 14.4. The molecule has 114 valence electrons. The average Bonchev–Trinajstić information content (AvgIpc) is 2.88. The molecule has 0 aromatic carbocycles. The van der Waals surface area contributed by atoms with E-state index in [-0.39, 0.29) is 12.0 Å². The lowest BCUT2D eigenvalue weighted by molar-refractivity contribution is 0.281. The lowest BCUT2D eigenvalue weighted by Crippen LogP contribution is -2.34. The largest absolute Gasteiger partial charge is 0.339 e. The Balaban J connectivity index is 2.31. The molecule has 21 heavy (non-hydrogen) atoms. The summed E-state index contributed by atoms with van der Waals surface area (Å²) in [5.41, 5.74) is 1.83. The van der Waals surface area contributed by atoms with Crippen LogP contribution in [0.5, 0.6) is 0 Å². The molecule has 2 unspecified atom stereocenters. The van der Waals surface area contributed by atoms with Gasteiger partial charge in [-0.15, -0.1) is 0 Å². The molecule has 0 saturated carbocycles. The van der Waals surface area contributed by atoms with E-state index >= 15 is 0 Å². The highest BCUT2D eigenvalue weighted by Gasteiger charge is 2.28. The Morgan fingerprint density at radius 1 is 1.29 bits per heavy atom. The highest BCUT2D eigenvalue weighted by atomic mass is 16.5. The molecule has 1 N–H and O–H groups in total. The first kappa shape index (κ1) is 15.6. The monoisotopic (exact) mass is 288 g/mol. The van der Waals surface area contributed by atoms with Gasteiger partial charge in [0.25, 0.3) is 0 Å². The molecule has 5 nitrogen and oxygen atoms in total. The second-order valence-electron chi connectivity index (χ2n) is 5.74. The summed E-state index contributed by atoms with van der Waals surface area (Å²) in [6.45, 7) is 11.5. The van der Waals surface area contributed by atoms with E-state index in [0.717, 1.165) is 17.8 Å². The zero-order valence-electron chi connectivity index (χ0n) is 13.4. The Morgan fingerprint density at radius 2 is 2.05 bits per heavy atom. The van der Waals surface area contributed by atoms with E-state index in [0.29, 0.717) is 17.6 Å². The molecule has 0 aliphatic heterocycles. The summed E-state index contributed by atoms with van der Waals surface area (Å²) in [4.78, 5) is 8.93. The van der Waals surface area contributed by atoms with Crippen LogP contribution in [0.25, 0.3) is 11.5 Å². The summed E-state index contributed by atoms with van der Waals surface area (Å²) < 4.78 is 5.52. The van der Waals surface area contributed by atoms with Gasteiger partial charge in [-0.1, -0.05) is 32.0 Å². The second kappa shape index (κ2) is 6.80. The Hall–Kier alpha value is -1.75. The minimum atomic E-state index is 0.190. The van der Waals surface area contributed by atoms with Gasteiger partial charge in [0.05, 0.1) is 5.92 Å². The Kier molecular flexibility index (Phi) is 5.07. The molecule has 2 heterocycles. The summed E-state index contributed by atoms with van der Waals surface area (Å²) >= 11 is 0. The number of pyridine rings is 1. The van der Waals surface area contributed by atoms with Gasteiger partial charge in [0.2, 0.25) is 11.7 Å². The van der Waals surface area contributed by atoms with Crippen LogP contribution >= 0.6 is 0 Å². The molecular weight excluding hydrogens is 264 g/mol. The van der Waals surface area contributed by atoms with Crippen LogP contribution in [0, 0.1) is 12.8 Å². The molecule has 0 aliphatic rings. The predicted octanol–water partition coefficient (Wildman–Crippen LogP) is 3.18. The SMILES string of the molecule is CCNC(C)C(c1nc(-c2ncccc2C)no1)C(C)C. The third kappa shape index (κ3) is 3.47. The maximum Gasteiger partial charge on any atom is 0.231 e. The van der Waals surface area contributed by atoms with Crippen molar-refractivity contribution in [3.8, 4) is 11.5 Å². The number of hydrogen-bond donors (Lipinski definition) is 1. The van der Waals surface area contributed by atoms with Crippen LogP contribution in [-0.4, -0.2) is 27.7 Å². The minimum Gasteiger partial charge on any atom is -0.339 e. The van der Waals surface area contributed by atoms with Crippen LogP contribution in [-0.2, 0) is 0 Å². The van der Waals surface area contributed by atoms with E-state index in [1.165, 1.54) is 0 Å². The third-order valence-corrected chi connectivity index (χ3v) is 3.73. The molecule has 0 radical (unpaired) electrons. The van der Waals surface area contributed by atoms with Crippen molar-refractivity contribution in [2.45, 2.75) is 46.6 Å². The van der Waals surface area contributed by atoms with E-state index in [9.17, 15) is 0 Å². The predicted molar refractivity (Wildman–Crippen MR) is 83.0 cm³/mol. The first-order valence-electron chi connectivity index (χ1n) is 7.53. The van der Waals surface area contributed by atoms with Gasteiger partial charge >= 0.3 is 0 Å². The fourth-order valence-corrected chi connectivity index (χ4v) is 2.71. The average molecular weight is 288 g/mol. The van der Waals surface area contributed by atoms with Crippen molar-refractivity contribution in [1.82, 2.24) is 20.4 Å². The molecule has 0 fully saturated rings. The molecule has 2 aromatic rings. The van der Waals surface area contributed by atoms with Crippen molar-refractivity contribution >= 4 is 0 Å². The topological polar surface area (TPSA) is 63.8 Å². The Bertz CT molecular complexity index is 579. The number of hydrogen-bond acceptors (Lipinski definition) is 5. The summed E-state index contributed by atoms with van der Waals surface area (Å²) in [5, 5.41) is 7.56. The molecule has 0 saturated heterocycles. The third-order valence-electron chi connectivity index (χ3n) is 3.73. The first-order chi connectivity index (χ1) is 10.0. The van der Waals surface area contributed by atoms with E-state index in [2.05, 4.69) is 48.1 Å². The van der Waals surface area contributed by atoms with Crippen LogP contribution in [0.2, 0.25) is 0 Å². The number of nitrogens with zero attached hydrogens (tertiary/aromatic N) is 3. The fraction of sp³-hybridized carbons (Fsp3) is 0.562. The molecule has 2 rings (SSSR count). The molecule has 2 atom stereocenters. The second-order valence-corrected chi connectivity index (χ2v) is 5.74. The number of nitrogens with one attached hydrogen (secondary N) is 1. The van der Waals surface area contributed by atoms with Crippen molar-refractivity contribution in [2.75, 3.05) is 6.54 Å². The number of likely N-dealkylation sites (N-methyl/N-ethyl adjacent to an activating group) is 1. The molecule has 5 heteroatoms. The molecular formula is C16H24N4O. The molecule has 0 aliphatic carbocycles. The van der Waals surface area contributed by atoms with Gasteiger partial charge in [-0.25, -0.2) is 0 Å². The minimum absolute atomic E-state index is 0.190. The summed E-state index contributed by atoms with van der Waals surface area (Å²) in [7, 11) is 0. The summed E-state index contributed by atoms with van der Waals surface area (Å²) in [6, 6.07) is 4.19. The van der Waals surface area contributed by atoms with Gasteiger partial charge in [0.1, 0.15) is 5.69 Å². The zero-order chi connectivity index (χ0) is 15.4. The van der Waals surface area contributed by atoms with Gasteiger partial charge in [0, 0.05) is 12.2 Å². The molecule has 0 bridgehead atoms. The van der Waals surface area contributed by atoms with Gasteiger partial charge in [0.15, 0.2) is 0 Å².